The second-order valence-electron chi connectivity index (χ2n) is 6.49. The van der Waals surface area contributed by atoms with Gasteiger partial charge in [-0.25, -0.2) is 4.79 Å². The van der Waals surface area contributed by atoms with E-state index in [0.29, 0.717) is 12.3 Å². The second-order valence-corrected chi connectivity index (χ2v) is 6.49. The van der Waals surface area contributed by atoms with Crippen molar-refractivity contribution in [3.63, 3.8) is 0 Å². The Morgan fingerprint density at radius 1 is 1.38 bits per heavy atom. The van der Waals surface area contributed by atoms with E-state index in [1.807, 2.05) is 6.92 Å². The third kappa shape index (κ3) is 6.96. The summed E-state index contributed by atoms with van der Waals surface area (Å²) < 4.78 is 0. The Labute approximate surface area is 128 Å². The molecule has 1 aliphatic rings. The summed E-state index contributed by atoms with van der Waals surface area (Å²) in [7, 11) is 0. The number of piperidine rings is 1. The highest BCUT2D eigenvalue weighted by Crippen LogP contribution is 2.12. The van der Waals surface area contributed by atoms with E-state index in [2.05, 4.69) is 36.0 Å². The minimum absolute atomic E-state index is 0.0264. The third-order valence-corrected chi connectivity index (χ3v) is 3.98. The number of hydrogen-bond donors (Lipinski definition) is 3. The van der Waals surface area contributed by atoms with Crippen molar-refractivity contribution in [2.45, 2.75) is 52.1 Å². The quantitative estimate of drug-likeness (QED) is 0.627. The number of likely N-dealkylation sites (tertiary alicyclic amines) is 1. The van der Waals surface area contributed by atoms with Crippen LogP contribution in [0.15, 0.2) is 12.2 Å². The number of nitrogens with zero attached hydrogens (tertiary/aromatic N) is 1. The van der Waals surface area contributed by atoms with Crippen LogP contribution >= 0.6 is 0 Å². The fourth-order valence-corrected chi connectivity index (χ4v) is 2.72. The highest BCUT2D eigenvalue weighted by atomic mass is 16.3. The molecule has 1 aliphatic heterocycles. The van der Waals surface area contributed by atoms with E-state index < -0.39 is 0 Å². The van der Waals surface area contributed by atoms with Crippen LogP contribution in [0, 0.1) is 5.92 Å². The van der Waals surface area contributed by atoms with Crippen molar-refractivity contribution in [1.82, 2.24) is 15.5 Å². The summed E-state index contributed by atoms with van der Waals surface area (Å²) in [5, 5.41) is 15.1. The van der Waals surface area contributed by atoms with Gasteiger partial charge in [0.2, 0.25) is 0 Å². The lowest BCUT2D eigenvalue weighted by molar-refractivity contribution is 0.194. The summed E-state index contributed by atoms with van der Waals surface area (Å²) >= 11 is 0. The maximum absolute atomic E-state index is 12.0. The first-order chi connectivity index (χ1) is 9.92. The van der Waals surface area contributed by atoms with Crippen LogP contribution in [-0.4, -0.2) is 54.4 Å². The fourth-order valence-electron chi connectivity index (χ4n) is 2.72. The first-order valence-corrected chi connectivity index (χ1v) is 7.97. The first-order valence-electron chi connectivity index (χ1n) is 7.97. The van der Waals surface area contributed by atoms with Crippen molar-refractivity contribution in [3.8, 4) is 0 Å². The Kier molecular flexibility index (Phi) is 7.75. The van der Waals surface area contributed by atoms with E-state index in [1.54, 1.807) is 0 Å². The molecule has 1 heterocycles. The Bertz CT molecular complexity index is 336. The number of urea groups is 1. The molecule has 0 bridgehead atoms. The van der Waals surface area contributed by atoms with Gasteiger partial charge in [-0.2, -0.15) is 0 Å². The highest BCUT2D eigenvalue weighted by molar-refractivity contribution is 5.74. The number of aliphatic hydroxyl groups is 1. The van der Waals surface area contributed by atoms with Crippen LogP contribution in [0.3, 0.4) is 0 Å². The zero-order valence-electron chi connectivity index (χ0n) is 13.7. The molecule has 3 N–H and O–H groups in total. The molecule has 0 spiro atoms. The summed E-state index contributed by atoms with van der Waals surface area (Å²) in [6.45, 7) is 13.1. The molecule has 0 saturated carbocycles. The largest absolute Gasteiger partial charge is 0.396 e. The molecule has 1 saturated heterocycles. The second kappa shape index (κ2) is 9.05. The van der Waals surface area contributed by atoms with Crippen LogP contribution in [0.5, 0.6) is 0 Å². The molecular weight excluding hydrogens is 266 g/mol. The van der Waals surface area contributed by atoms with Crippen LogP contribution in [0.1, 0.15) is 40.0 Å². The van der Waals surface area contributed by atoms with Gasteiger partial charge in [0.1, 0.15) is 0 Å². The molecule has 21 heavy (non-hydrogen) atoms. The van der Waals surface area contributed by atoms with Crippen molar-refractivity contribution in [2.75, 3.05) is 26.2 Å². The Balaban J connectivity index is 2.31. The maximum atomic E-state index is 12.0. The van der Waals surface area contributed by atoms with Crippen molar-refractivity contribution in [2.24, 2.45) is 5.92 Å². The van der Waals surface area contributed by atoms with Gasteiger partial charge in [-0.3, -0.25) is 4.90 Å². The predicted octanol–water partition coefficient (Wildman–Crippen LogP) is 1.73. The van der Waals surface area contributed by atoms with Gasteiger partial charge in [-0.1, -0.05) is 26.0 Å². The molecule has 1 unspecified atom stereocenters. The fraction of sp³-hybridized carbons (Fsp3) is 0.812. The molecule has 5 heteroatoms. The number of amides is 2. The summed E-state index contributed by atoms with van der Waals surface area (Å²) in [5.41, 5.74) is 1.18. The number of aliphatic hydroxyl groups excluding tert-OH is 1. The van der Waals surface area contributed by atoms with Crippen molar-refractivity contribution < 1.29 is 9.90 Å². The van der Waals surface area contributed by atoms with E-state index in [-0.39, 0.29) is 24.7 Å². The molecule has 0 aromatic heterocycles. The molecule has 5 nitrogen and oxygen atoms in total. The molecule has 122 valence electrons. The van der Waals surface area contributed by atoms with Gasteiger partial charge in [-0.15, -0.1) is 0 Å². The van der Waals surface area contributed by atoms with Crippen LogP contribution < -0.4 is 10.6 Å². The minimum Gasteiger partial charge on any atom is -0.396 e. The van der Waals surface area contributed by atoms with Gasteiger partial charge in [0.05, 0.1) is 0 Å². The topological polar surface area (TPSA) is 64.6 Å². The molecule has 0 aromatic rings. The van der Waals surface area contributed by atoms with Gasteiger partial charge in [0.15, 0.2) is 0 Å². The van der Waals surface area contributed by atoms with Gasteiger partial charge < -0.3 is 15.7 Å². The molecule has 0 aliphatic carbocycles. The molecule has 0 aromatic carbocycles. The Hall–Kier alpha value is -1.07. The van der Waals surface area contributed by atoms with E-state index in [9.17, 15) is 4.79 Å². The molecule has 0 radical (unpaired) electrons. The molecule has 1 fully saturated rings. The van der Waals surface area contributed by atoms with E-state index in [4.69, 9.17) is 5.11 Å². The molecule has 1 rings (SSSR count). The maximum Gasteiger partial charge on any atom is 0.315 e. The average molecular weight is 297 g/mol. The van der Waals surface area contributed by atoms with Crippen molar-refractivity contribution in [1.29, 1.82) is 0 Å². The van der Waals surface area contributed by atoms with Crippen LogP contribution in [0.4, 0.5) is 4.79 Å². The zero-order chi connectivity index (χ0) is 15.8. The Morgan fingerprint density at radius 3 is 2.48 bits per heavy atom. The lowest BCUT2D eigenvalue weighted by Gasteiger charge is -2.33. The summed E-state index contributed by atoms with van der Waals surface area (Å²) in [6.07, 6.45) is 2.56. The standard InChI is InChI=1S/C16H31N3O2/c1-12(2)11-19-8-5-14(6-9-19)17-16(21)18-15(7-10-20)13(3)4/h13-15,20H,1,5-11H2,2-4H3,(H2,17,18,21). The number of rotatable bonds is 7. The van der Waals surface area contributed by atoms with Crippen molar-refractivity contribution >= 4 is 6.03 Å². The minimum atomic E-state index is -0.111. The molecule has 1 atom stereocenters. The summed E-state index contributed by atoms with van der Waals surface area (Å²) in [4.78, 5) is 14.4. The van der Waals surface area contributed by atoms with E-state index >= 15 is 0 Å². The van der Waals surface area contributed by atoms with E-state index in [1.165, 1.54) is 5.57 Å². The van der Waals surface area contributed by atoms with Gasteiger partial charge in [0, 0.05) is 38.3 Å². The SMILES string of the molecule is C=C(C)CN1CCC(NC(=O)NC(CCO)C(C)C)CC1. The number of carbonyl (C=O) groups is 1. The smallest absolute Gasteiger partial charge is 0.315 e. The van der Waals surface area contributed by atoms with Gasteiger partial charge >= 0.3 is 6.03 Å². The van der Waals surface area contributed by atoms with Crippen LogP contribution in [-0.2, 0) is 0 Å². The number of nitrogens with one attached hydrogen (secondary N) is 2. The zero-order valence-corrected chi connectivity index (χ0v) is 13.7. The lowest BCUT2D eigenvalue weighted by atomic mass is 10.0. The predicted molar refractivity (Wildman–Crippen MR) is 86.3 cm³/mol. The summed E-state index contributed by atoms with van der Waals surface area (Å²) in [6, 6.07) is 0.160. The van der Waals surface area contributed by atoms with Gasteiger partial charge in [0.25, 0.3) is 0 Å². The van der Waals surface area contributed by atoms with Crippen LogP contribution in [0.25, 0.3) is 0 Å². The average Bonchev–Trinajstić information content (AvgIpc) is 2.40. The lowest BCUT2D eigenvalue weighted by Crippen LogP contribution is -2.51. The normalized spacial score (nSPS) is 18.5. The third-order valence-electron chi connectivity index (χ3n) is 3.98. The highest BCUT2D eigenvalue weighted by Gasteiger charge is 2.22. The van der Waals surface area contributed by atoms with E-state index in [0.717, 1.165) is 32.5 Å². The van der Waals surface area contributed by atoms with Gasteiger partial charge in [-0.05, 0) is 32.1 Å². The van der Waals surface area contributed by atoms with Crippen molar-refractivity contribution in [3.05, 3.63) is 12.2 Å². The molecular formula is C16H31N3O2. The number of carbonyl (C=O) groups excluding carboxylic acids is 1. The monoisotopic (exact) mass is 297 g/mol. The summed E-state index contributed by atoms with van der Waals surface area (Å²) in [5.74, 6) is 0.320. The first kappa shape index (κ1) is 18.0. The Morgan fingerprint density at radius 2 is 2.00 bits per heavy atom. The molecule has 2 amide bonds. The van der Waals surface area contributed by atoms with Crippen LogP contribution in [0.2, 0.25) is 0 Å². The number of hydrogen-bond acceptors (Lipinski definition) is 3.